The summed E-state index contributed by atoms with van der Waals surface area (Å²) in [6.45, 7) is 0.0910. The van der Waals surface area contributed by atoms with E-state index in [2.05, 4.69) is 0 Å². The summed E-state index contributed by atoms with van der Waals surface area (Å²) >= 11 is 0. The fraction of sp³-hybridized carbons (Fsp3) is 0.133. The molecule has 0 spiro atoms. The number of carboxylic acid groups (broad SMARTS) is 1. The topological polar surface area (TPSA) is 55.8 Å². The van der Waals surface area contributed by atoms with Gasteiger partial charge in [0, 0.05) is 11.6 Å². The molecule has 0 aliphatic heterocycles. The lowest BCUT2D eigenvalue weighted by Crippen LogP contribution is -2.04. The van der Waals surface area contributed by atoms with Gasteiger partial charge in [0.15, 0.2) is 0 Å². The third kappa shape index (κ3) is 3.06. The first kappa shape index (κ1) is 13.9. The first-order valence-corrected chi connectivity index (χ1v) is 5.89. The third-order valence-electron chi connectivity index (χ3n) is 2.75. The molecule has 0 atom stereocenters. The van der Waals surface area contributed by atoms with Crippen molar-refractivity contribution in [3.8, 4) is 11.5 Å². The Labute approximate surface area is 115 Å². The van der Waals surface area contributed by atoms with E-state index in [4.69, 9.17) is 14.6 Å². The second-order valence-corrected chi connectivity index (χ2v) is 4.05. The minimum Gasteiger partial charge on any atom is -0.496 e. The molecule has 104 valence electrons. The largest absolute Gasteiger partial charge is 0.496 e. The molecule has 0 unspecified atom stereocenters. The highest BCUT2D eigenvalue weighted by Crippen LogP contribution is 2.24. The molecule has 0 amide bonds. The van der Waals surface area contributed by atoms with Crippen molar-refractivity contribution in [2.24, 2.45) is 0 Å². The first-order chi connectivity index (χ1) is 9.61. The SMILES string of the molecule is COc1ccccc1COc1cc(F)ccc1C(=O)O. The Balaban J connectivity index is 2.22. The van der Waals surface area contributed by atoms with Crippen molar-refractivity contribution >= 4 is 5.97 Å². The zero-order chi connectivity index (χ0) is 14.5. The van der Waals surface area contributed by atoms with Crippen molar-refractivity contribution in [3.63, 3.8) is 0 Å². The second-order valence-electron chi connectivity index (χ2n) is 4.05. The van der Waals surface area contributed by atoms with Gasteiger partial charge in [-0.25, -0.2) is 9.18 Å². The molecule has 5 heteroatoms. The van der Waals surface area contributed by atoms with E-state index < -0.39 is 11.8 Å². The summed E-state index contributed by atoms with van der Waals surface area (Å²) in [7, 11) is 1.53. The Bertz CT molecular complexity index is 625. The summed E-state index contributed by atoms with van der Waals surface area (Å²) < 4.78 is 23.8. The van der Waals surface area contributed by atoms with Crippen molar-refractivity contribution in [2.75, 3.05) is 7.11 Å². The second kappa shape index (κ2) is 6.06. The molecular weight excluding hydrogens is 263 g/mol. The lowest BCUT2D eigenvalue weighted by molar-refractivity contribution is 0.0691. The van der Waals surface area contributed by atoms with Gasteiger partial charge in [0.05, 0.1) is 7.11 Å². The lowest BCUT2D eigenvalue weighted by atomic mass is 10.2. The third-order valence-corrected chi connectivity index (χ3v) is 2.75. The molecule has 0 aliphatic rings. The minimum absolute atomic E-state index is 0.0107. The fourth-order valence-electron chi connectivity index (χ4n) is 1.77. The van der Waals surface area contributed by atoms with E-state index in [1.54, 1.807) is 12.1 Å². The van der Waals surface area contributed by atoms with Crippen LogP contribution in [0.4, 0.5) is 4.39 Å². The predicted octanol–water partition coefficient (Wildman–Crippen LogP) is 3.11. The van der Waals surface area contributed by atoms with Crippen LogP contribution >= 0.6 is 0 Å². The molecule has 0 bridgehead atoms. The van der Waals surface area contributed by atoms with Gasteiger partial charge < -0.3 is 14.6 Å². The number of ether oxygens (including phenoxy) is 2. The minimum atomic E-state index is -1.17. The Morgan fingerprint density at radius 3 is 2.65 bits per heavy atom. The van der Waals surface area contributed by atoms with Crippen molar-refractivity contribution in [3.05, 3.63) is 59.4 Å². The molecule has 20 heavy (non-hydrogen) atoms. The number of para-hydroxylation sites is 1. The van der Waals surface area contributed by atoms with E-state index in [0.29, 0.717) is 5.75 Å². The molecule has 2 aromatic rings. The van der Waals surface area contributed by atoms with Gasteiger partial charge in [-0.15, -0.1) is 0 Å². The smallest absolute Gasteiger partial charge is 0.339 e. The molecule has 4 nitrogen and oxygen atoms in total. The summed E-state index contributed by atoms with van der Waals surface area (Å²) in [6, 6.07) is 10.5. The van der Waals surface area contributed by atoms with Crippen molar-refractivity contribution < 1.29 is 23.8 Å². The fourth-order valence-corrected chi connectivity index (χ4v) is 1.77. The highest BCUT2D eigenvalue weighted by Gasteiger charge is 2.13. The molecule has 0 fully saturated rings. The summed E-state index contributed by atoms with van der Waals surface area (Å²) in [6.07, 6.45) is 0. The van der Waals surface area contributed by atoms with Crippen LogP contribution in [0.25, 0.3) is 0 Å². The monoisotopic (exact) mass is 276 g/mol. The van der Waals surface area contributed by atoms with E-state index in [0.717, 1.165) is 17.7 Å². The molecule has 0 saturated carbocycles. The van der Waals surface area contributed by atoms with Gasteiger partial charge in [-0.2, -0.15) is 0 Å². The van der Waals surface area contributed by atoms with E-state index >= 15 is 0 Å². The van der Waals surface area contributed by atoms with E-state index in [9.17, 15) is 9.18 Å². The number of hydrogen-bond acceptors (Lipinski definition) is 3. The van der Waals surface area contributed by atoms with Gasteiger partial charge in [-0.1, -0.05) is 18.2 Å². The molecule has 0 heterocycles. The highest BCUT2D eigenvalue weighted by atomic mass is 19.1. The number of benzene rings is 2. The van der Waals surface area contributed by atoms with Crippen molar-refractivity contribution in [2.45, 2.75) is 6.61 Å². The number of carbonyl (C=O) groups is 1. The zero-order valence-corrected chi connectivity index (χ0v) is 10.8. The molecular formula is C15H13FO4. The van der Waals surface area contributed by atoms with Crippen LogP contribution in [-0.4, -0.2) is 18.2 Å². The Morgan fingerprint density at radius 2 is 1.95 bits per heavy atom. The molecule has 0 aromatic heterocycles. The summed E-state index contributed by atoms with van der Waals surface area (Å²) in [5, 5.41) is 9.03. The van der Waals surface area contributed by atoms with Crippen LogP contribution in [0.2, 0.25) is 0 Å². The molecule has 2 aromatic carbocycles. The van der Waals surface area contributed by atoms with Crippen LogP contribution in [0.5, 0.6) is 11.5 Å². The summed E-state index contributed by atoms with van der Waals surface area (Å²) in [5.41, 5.74) is 0.664. The number of halogens is 1. The predicted molar refractivity (Wildman–Crippen MR) is 70.7 cm³/mol. The molecule has 0 aliphatic carbocycles. The van der Waals surface area contributed by atoms with Crippen molar-refractivity contribution in [1.82, 2.24) is 0 Å². The van der Waals surface area contributed by atoms with E-state index in [1.807, 2.05) is 12.1 Å². The number of rotatable bonds is 5. The lowest BCUT2D eigenvalue weighted by Gasteiger charge is -2.11. The summed E-state index contributed by atoms with van der Waals surface area (Å²) in [4.78, 5) is 11.0. The Kier molecular flexibility index (Phi) is 4.20. The number of carboxylic acids is 1. The van der Waals surface area contributed by atoms with Crippen molar-refractivity contribution in [1.29, 1.82) is 0 Å². The van der Waals surface area contributed by atoms with E-state index in [1.165, 1.54) is 13.2 Å². The Hall–Kier alpha value is -2.56. The zero-order valence-electron chi connectivity index (χ0n) is 10.8. The van der Waals surface area contributed by atoms with Gasteiger partial charge in [-0.05, 0) is 18.2 Å². The van der Waals surface area contributed by atoms with Crippen LogP contribution in [0.15, 0.2) is 42.5 Å². The van der Waals surface area contributed by atoms with Crippen LogP contribution < -0.4 is 9.47 Å². The quantitative estimate of drug-likeness (QED) is 0.911. The van der Waals surface area contributed by atoms with Gasteiger partial charge >= 0.3 is 5.97 Å². The number of hydrogen-bond donors (Lipinski definition) is 1. The maximum Gasteiger partial charge on any atom is 0.339 e. The number of methoxy groups -OCH3 is 1. The maximum absolute atomic E-state index is 13.2. The average molecular weight is 276 g/mol. The first-order valence-electron chi connectivity index (χ1n) is 5.89. The van der Waals surface area contributed by atoms with Crippen LogP contribution in [0.3, 0.4) is 0 Å². The maximum atomic E-state index is 13.2. The highest BCUT2D eigenvalue weighted by molar-refractivity contribution is 5.90. The number of aromatic carboxylic acids is 1. The van der Waals surface area contributed by atoms with Gasteiger partial charge in [-0.3, -0.25) is 0 Å². The van der Waals surface area contributed by atoms with E-state index in [-0.39, 0.29) is 17.9 Å². The molecule has 0 radical (unpaired) electrons. The molecule has 1 N–H and O–H groups in total. The average Bonchev–Trinajstić information content (AvgIpc) is 2.45. The normalized spacial score (nSPS) is 10.1. The van der Waals surface area contributed by atoms with Crippen LogP contribution in [-0.2, 0) is 6.61 Å². The van der Waals surface area contributed by atoms with Gasteiger partial charge in [0.25, 0.3) is 0 Å². The summed E-state index contributed by atoms with van der Waals surface area (Å²) in [5.74, 6) is -1.10. The van der Waals surface area contributed by atoms with Gasteiger partial charge in [0.1, 0.15) is 29.5 Å². The van der Waals surface area contributed by atoms with Crippen LogP contribution in [0.1, 0.15) is 15.9 Å². The van der Waals surface area contributed by atoms with Crippen LogP contribution in [0, 0.1) is 5.82 Å². The molecule has 0 saturated heterocycles. The van der Waals surface area contributed by atoms with Gasteiger partial charge in [0.2, 0.25) is 0 Å². The Morgan fingerprint density at radius 1 is 1.20 bits per heavy atom. The molecule has 2 rings (SSSR count). The standard InChI is InChI=1S/C15H13FO4/c1-19-13-5-3-2-4-10(13)9-20-14-8-11(16)6-7-12(14)15(17)18/h2-8H,9H2,1H3,(H,17,18).